The summed E-state index contributed by atoms with van der Waals surface area (Å²) < 4.78 is 0. The number of aryl methyl sites for hydroxylation is 1. The monoisotopic (exact) mass is 230 g/mol. The highest BCUT2D eigenvalue weighted by atomic mass is 16.3. The third kappa shape index (κ3) is 1.91. The zero-order valence-electron chi connectivity index (χ0n) is 9.73. The molecule has 0 spiro atoms. The second kappa shape index (κ2) is 4.01. The zero-order valence-corrected chi connectivity index (χ0v) is 9.73. The van der Waals surface area contributed by atoms with Crippen LogP contribution in [0.15, 0.2) is 30.3 Å². The van der Waals surface area contributed by atoms with Crippen LogP contribution in [0.4, 0.5) is 0 Å². The van der Waals surface area contributed by atoms with Crippen molar-refractivity contribution >= 4 is 0 Å². The van der Waals surface area contributed by atoms with Gasteiger partial charge in [-0.3, -0.25) is 0 Å². The summed E-state index contributed by atoms with van der Waals surface area (Å²) >= 11 is 0. The van der Waals surface area contributed by atoms with E-state index in [0.717, 1.165) is 0 Å². The van der Waals surface area contributed by atoms with Crippen molar-refractivity contribution in [2.24, 2.45) is 0 Å². The maximum absolute atomic E-state index is 10.1. The zero-order chi connectivity index (χ0) is 12.6. The molecule has 0 unspecified atom stereocenters. The van der Waals surface area contributed by atoms with E-state index >= 15 is 0 Å². The topological polar surface area (TPSA) is 60.7 Å². The molecule has 0 heterocycles. The van der Waals surface area contributed by atoms with Crippen LogP contribution in [-0.4, -0.2) is 15.3 Å². The Hall–Kier alpha value is -2.16. The summed E-state index contributed by atoms with van der Waals surface area (Å²) in [6, 6.07) is 8.12. The Morgan fingerprint density at radius 2 is 1.65 bits per heavy atom. The Morgan fingerprint density at radius 1 is 0.941 bits per heavy atom. The average Bonchev–Trinajstić information content (AvgIpc) is 2.27. The van der Waals surface area contributed by atoms with Crippen molar-refractivity contribution in [3.05, 3.63) is 41.5 Å². The van der Waals surface area contributed by atoms with Crippen molar-refractivity contribution in [1.82, 2.24) is 0 Å². The van der Waals surface area contributed by atoms with E-state index in [4.69, 9.17) is 0 Å². The molecule has 0 aliphatic rings. The van der Waals surface area contributed by atoms with E-state index in [0.29, 0.717) is 22.3 Å². The minimum absolute atomic E-state index is 0.127. The molecule has 2 aromatic rings. The fourth-order valence-corrected chi connectivity index (χ4v) is 1.90. The summed E-state index contributed by atoms with van der Waals surface area (Å²) in [4.78, 5) is 0. The SMILES string of the molecule is Cc1cc(O)c(C)c(-c2cccc(O)c2)c1O. The van der Waals surface area contributed by atoms with Gasteiger partial charge in [-0.05, 0) is 43.2 Å². The third-order valence-corrected chi connectivity index (χ3v) is 2.86. The molecule has 3 nitrogen and oxygen atoms in total. The lowest BCUT2D eigenvalue weighted by Crippen LogP contribution is -1.88. The number of phenols is 3. The van der Waals surface area contributed by atoms with Gasteiger partial charge >= 0.3 is 0 Å². The van der Waals surface area contributed by atoms with Crippen molar-refractivity contribution in [1.29, 1.82) is 0 Å². The maximum atomic E-state index is 10.1. The average molecular weight is 230 g/mol. The van der Waals surface area contributed by atoms with E-state index in [-0.39, 0.29) is 17.2 Å². The minimum atomic E-state index is 0.127. The molecule has 0 aromatic heterocycles. The van der Waals surface area contributed by atoms with Crippen molar-refractivity contribution < 1.29 is 15.3 Å². The first-order valence-corrected chi connectivity index (χ1v) is 5.32. The first-order chi connectivity index (χ1) is 8.00. The largest absolute Gasteiger partial charge is 0.508 e. The first kappa shape index (κ1) is 11.3. The molecule has 0 radical (unpaired) electrons. The molecule has 0 bridgehead atoms. The van der Waals surface area contributed by atoms with E-state index in [1.807, 2.05) is 0 Å². The van der Waals surface area contributed by atoms with Gasteiger partial charge in [-0.2, -0.15) is 0 Å². The predicted molar refractivity (Wildman–Crippen MR) is 66.3 cm³/mol. The van der Waals surface area contributed by atoms with Crippen molar-refractivity contribution in [3.63, 3.8) is 0 Å². The van der Waals surface area contributed by atoms with Crippen LogP contribution >= 0.6 is 0 Å². The predicted octanol–water partition coefficient (Wildman–Crippen LogP) is 3.09. The molecule has 0 amide bonds. The second-order valence-electron chi connectivity index (χ2n) is 4.11. The molecule has 2 aromatic carbocycles. The lowest BCUT2D eigenvalue weighted by molar-refractivity contribution is 0.455. The number of aromatic hydroxyl groups is 3. The molecule has 0 saturated heterocycles. The number of rotatable bonds is 1. The molecular weight excluding hydrogens is 216 g/mol. The Balaban J connectivity index is 2.75. The molecule has 3 N–H and O–H groups in total. The second-order valence-corrected chi connectivity index (χ2v) is 4.11. The summed E-state index contributed by atoms with van der Waals surface area (Å²) in [5.41, 5.74) is 2.43. The summed E-state index contributed by atoms with van der Waals surface area (Å²) in [5.74, 6) is 0.395. The quantitative estimate of drug-likeness (QED) is 0.660. The van der Waals surface area contributed by atoms with Crippen molar-refractivity contribution in [2.45, 2.75) is 13.8 Å². The summed E-state index contributed by atoms with van der Waals surface area (Å²) in [6.07, 6.45) is 0. The maximum Gasteiger partial charge on any atom is 0.126 e. The van der Waals surface area contributed by atoms with Crippen LogP contribution in [0.25, 0.3) is 11.1 Å². The van der Waals surface area contributed by atoms with Crippen LogP contribution in [0.2, 0.25) is 0 Å². The van der Waals surface area contributed by atoms with E-state index < -0.39 is 0 Å². The molecule has 17 heavy (non-hydrogen) atoms. The molecule has 88 valence electrons. The van der Waals surface area contributed by atoms with Gasteiger partial charge in [-0.1, -0.05) is 12.1 Å². The molecular formula is C14H14O3. The van der Waals surface area contributed by atoms with Gasteiger partial charge in [-0.15, -0.1) is 0 Å². The number of benzene rings is 2. The molecule has 0 fully saturated rings. The highest BCUT2D eigenvalue weighted by Crippen LogP contribution is 2.40. The van der Waals surface area contributed by atoms with Gasteiger partial charge in [0.25, 0.3) is 0 Å². The molecule has 0 saturated carbocycles. The third-order valence-electron chi connectivity index (χ3n) is 2.86. The van der Waals surface area contributed by atoms with Gasteiger partial charge in [0.15, 0.2) is 0 Å². The van der Waals surface area contributed by atoms with E-state index in [1.165, 1.54) is 6.07 Å². The highest BCUT2D eigenvalue weighted by Gasteiger charge is 2.14. The van der Waals surface area contributed by atoms with Gasteiger partial charge in [-0.25, -0.2) is 0 Å². The Bertz CT molecular complexity index is 548. The summed E-state index contributed by atoms with van der Waals surface area (Å²) in [6.45, 7) is 3.45. The van der Waals surface area contributed by atoms with Crippen LogP contribution in [0.3, 0.4) is 0 Å². The minimum Gasteiger partial charge on any atom is -0.508 e. The van der Waals surface area contributed by atoms with Gasteiger partial charge in [0, 0.05) is 11.1 Å². The van der Waals surface area contributed by atoms with Crippen LogP contribution in [0, 0.1) is 13.8 Å². The van der Waals surface area contributed by atoms with E-state index in [9.17, 15) is 15.3 Å². The molecule has 0 aliphatic heterocycles. The molecule has 3 heteroatoms. The van der Waals surface area contributed by atoms with Gasteiger partial charge in [0.2, 0.25) is 0 Å². The lowest BCUT2D eigenvalue weighted by Gasteiger charge is -2.13. The molecule has 2 rings (SSSR count). The van der Waals surface area contributed by atoms with Crippen molar-refractivity contribution in [2.75, 3.05) is 0 Å². The molecule has 0 aliphatic carbocycles. The van der Waals surface area contributed by atoms with Crippen LogP contribution < -0.4 is 0 Å². The standard InChI is InChI=1S/C14H14O3/c1-8-6-12(16)9(2)13(14(8)17)10-4-3-5-11(15)7-10/h3-7,15-17H,1-2H3. The fourth-order valence-electron chi connectivity index (χ4n) is 1.90. The Labute approximate surface area is 99.6 Å². The van der Waals surface area contributed by atoms with Crippen LogP contribution in [-0.2, 0) is 0 Å². The van der Waals surface area contributed by atoms with Crippen LogP contribution in [0.5, 0.6) is 17.2 Å². The summed E-state index contributed by atoms with van der Waals surface area (Å²) in [5, 5.41) is 29.3. The van der Waals surface area contributed by atoms with Gasteiger partial charge in [0.1, 0.15) is 17.2 Å². The number of hydrogen-bond donors (Lipinski definition) is 3. The Morgan fingerprint density at radius 3 is 2.29 bits per heavy atom. The number of phenolic OH excluding ortho intramolecular Hbond substituents is 3. The van der Waals surface area contributed by atoms with E-state index in [2.05, 4.69) is 0 Å². The molecule has 0 atom stereocenters. The Kier molecular flexibility index (Phi) is 2.68. The summed E-state index contributed by atoms with van der Waals surface area (Å²) in [7, 11) is 0. The van der Waals surface area contributed by atoms with E-state index in [1.54, 1.807) is 38.1 Å². The van der Waals surface area contributed by atoms with Crippen LogP contribution in [0.1, 0.15) is 11.1 Å². The highest BCUT2D eigenvalue weighted by molar-refractivity contribution is 5.78. The number of hydrogen-bond acceptors (Lipinski definition) is 3. The van der Waals surface area contributed by atoms with Gasteiger partial charge < -0.3 is 15.3 Å². The van der Waals surface area contributed by atoms with Gasteiger partial charge in [0.05, 0.1) is 0 Å². The smallest absolute Gasteiger partial charge is 0.126 e. The van der Waals surface area contributed by atoms with Crippen molar-refractivity contribution in [3.8, 4) is 28.4 Å². The fraction of sp³-hybridized carbons (Fsp3) is 0.143. The normalized spacial score (nSPS) is 10.5. The first-order valence-electron chi connectivity index (χ1n) is 5.32. The lowest BCUT2D eigenvalue weighted by atomic mass is 9.96.